The standard InChI is InChI=1S/C14H21N/c1-11(2)7-9-14(15)10-8-12-5-3-4-6-13(12)14/h3-6,11H,7-10,15H2,1-2H3. The lowest BCUT2D eigenvalue weighted by Crippen LogP contribution is -2.34. The second-order valence-electron chi connectivity index (χ2n) is 5.25. The number of hydrogen-bond acceptors (Lipinski definition) is 1. The van der Waals surface area contributed by atoms with Crippen molar-refractivity contribution in [1.29, 1.82) is 0 Å². The van der Waals surface area contributed by atoms with E-state index in [1.807, 2.05) is 0 Å². The molecule has 0 saturated carbocycles. The van der Waals surface area contributed by atoms with Crippen LogP contribution in [0.25, 0.3) is 0 Å². The molecule has 2 rings (SSSR count). The molecule has 1 heteroatoms. The van der Waals surface area contributed by atoms with Gasteiger partial charge >= 0.3 is 0 Å². The highest BCUT2D eigenvalue weighted by Gasteiger charge is 2.33. The van der Waals surface area contributed by atoms with Gasteiger partial charge in [0.15, 0.2) is 0 Å². The maximum absolute atomic E-state index is 6.52. The van der Waals surface area contributed by atoms with E-state index in [4.69, 9.17) is 5.73 Å². The highest BCUT2D eigenvalue weighted by molar-refractivity contribution is 5.38. The molecular formula is C14H21N. The van der Waals surface area contributed by atoms with Crippen LogP contribution >= 0.6 is 0 Å². The van der Waals surface area contributed by atoms with Crippen molar-refractivity contribution in [3.8, 4) is 0 Å². The van der Waals surface area contributed by atoms with Crippen LogP contribution in [-0.2, 0) is 12.0 Å². The van der Waals surface area contributed by atoms with Crippen LogP contribution in [0.4, 0.5) is 0 Å². The lowest BCUT2D eigenvalue weighted by atomic mass is 9.86. The van der Waals surface area contributed by atoms with Crippen LogP contribution in [-0.4, -0.2) is 0 Å². The molecule has 0 amide bonds. The zero-order chi connectivity index (χ0) is 10.9. The Kier molecular flexibility index (Phi) is 2.83. The van der Waals surface area contributed by atoms with Crippen LogP contribution in [0, 0.1) is 5.92 Å². The monoisotopic (exact) mass is 203 g/mol. The van der Waals surface area contributed by atoms with Crippen LogP contribution in [0.2, 0.25) is 0 Å². The summed E-state index contributed by atoms with van der Waals surface area (Å²) >= 11 is 0. The molecule has 0 fully saturated rings. The summed E-state index contributed by atoms with van der Waals surface area (Å²) in [5.74, 6) is 0.748. The molecule has 2 N–H and O–H groups in total. The van der Waals surface area contributed by atoms with Gasteiger partial charge in [-0.2, -0.15) is 0 Å². The fourth-order valence-corrected chi connectivity index (χ4v) is 2.52. The Morgan fingerprint density at radius 1 is 1.33 bits per heavy atom. The van der Waals surface area contributed by atoms with Gasteiger partial charge in [0.1, 0.15) is 0 Å². The highest BCUT2D eigenvalue weighted by atomic mass is 14.8. The Morgan fingerprint density at radius 3 is 2.80 bits per heavy atom. The van der Waals surface area contributed by atoms with Crippen molar-refractivity contribution in [3.05, 3.63) is 35.4 Å². The summed E-state index contributed by atoms with van der Waals surface area (Å²) in [5.41, 5.74) is 9.33. The van der Waals surface area contributed by atoms with Crippen LogP contribution in [0.15, 0.2) is 24.3 Å². The summed E-state index contributed by atoms with van der Waals surface area (Å²) in [7, 11) is 0. The Balaban J connectivity index is 2.17. The second kappa shape index (κ2) is 3.97. The number of aryl methyl sites for hydroxylation is 1. The SMILES string of the molecule is CC(C)CCC1(N)CCc2ccccc21. The van der Waals surface area contributed by atoms with Crippen molar-refractivity contribution in [2.45, 2.75) is 45.1 Å². The molecule has 1 atom stereocenters. The molecular weight excluding hydrogens is 182 g/mol. The smallest absolute Gasteiger partial charge is 0.0415 e. The van der Waals surface area contributed by atoms with Crippen molar-refractivity contribution >= 4 is 0 Å². The van der Waals surface area contributed by atoms with Crippen molar-refractivity contribution in [3.63, 3.8) is 0 Å². The summed E-state index contributed by atoms with van der Waals surface area (Å²) in [4.78, 5) is 0. The first-order valence-corrected chi connectivity index (χ1v) is 5.99. The van der Waals surface area contributed by atoms with Crippen molar-refractivity contribution in [2.75, 3.05) is 0 Å². The van der Waals surface area contributed by atoms with E-state index in [1.54, 1.807) is 0 Å². The molecule has 0 aliphatic heterocycles. The van der Waals surface area contributed by atoms with Gasteiger partial charge in [0.2, 0.25) is 0 Å². The third kappa shape index (κ3) is 2.07. The largest absolute Gasteiger partial charge is 0.321 e. The molecule has 0 spiro atoms. The molecule has 1 aromatic carbocycles. The van der Waals surface area contributed by atoms with Gasteiger partial charge in [-0.05, 0) is 42.7 Å². The second-order valence-corrected chi connectivity index (χ2v) is 5.25. The first kappa shape index (κ1) is 10.7. The summed E-state index contributed by atoms with van der Waals surface area (Å²) in [5, 5.41) is 0. The summed E-state index contributed by atoms with van der Waals surface area (Å²) in [6, 6.07) is 8.66. The number of benzene rings is 1. The van der Waals surface area contributed by atoms with Gasteiger partial charge < -0.3 is 5.73 Å². The average Bonchev–Trinajstić information content (AvgIpc) is 2.56. The highest BCUT2D eigenvalue weighted by Crippen LogP contribution is 2.38. The lowest BCUT2D eigenvalue weighted by molar-refractivity contribution is 0.364. The van der Waals surface area contributed by atoms with Crippen LogP contribution in [0.3, 0.4) is 0 Å². The van der Waals surface area contributed by atoms with Crippen LogP contribution in [0.1, 0.15) is 44.2 Å². The Morgan fingerprint density at radius 2 is 2.07 bits per heavy atom. The molecule has 0 bridgehead atoms. The van der Waals surface area contributed by atoms with Gasteiger partial charge in [-0.1, -0.05) is 38.1 Å². The van der Waals surface area contributed by atoms with E-state index in [9.17, 15) is 0 Å². The molecule has 0 radical (unpaired) electrons. The topological polar surface area (TPSA) is 26.0 Å². The van der Waals surface area contributed by atoms with Crippen LogP contribution in [0.5, 0.6) is 0 Å². The minimum absolute atomic E-state index is 0.0408. The quantitative estimate of drug-likeness (QED) is 0.802. The van der Waals surface area contributed by atoms with E-state index >= 15 is 0 Å². The number of rotatable bonds is 3. The van der Waals surface area contributed by atoms with Gasteiger partial charge in [0.25, 0.3) is 0 Å². The predicted octanol–water partition coefficient (Wildman–Crippen LogP) is 3.22. The van der Waals surface area contributed by atoms with E-state index in [-0.39, 0.29) is 5.54 Å². The van der Waals surface area contributed by atoms with Gasteiger partial charge in [-0.15, -0.1) is 0 Å². The number of fused-ring (bicyclic) bond motifs is 1. The summed E-state index contributed by atoms with van der Waals surface area (Å²) < 4.78 is 0. The number of nitrogens with two attached hydrogens (primary N) is 1. The molecule has 1 aliphatic carbocycles. The number of hydrogen-bond donors (Lipinski definition) is 1. The van der Waals surface area contributed by atoms with E-state index in [1.165, 1.54) is 17.5 Å². The van der Waals surface area contributed by atoms with E-state index < -0.39 is 0 Å². The van der Waals surface area contributed by atoms with Crippen LogP contribution < -0.4 is 5.73 Å². The molecule has 82 valence electrons. The molecule has 1 aromatic rings. The van der Waals surface area contributed by atoms with E-state index in [0.717, 1.165) is 25.2 Å². The normalized spacial score (nSPS) is 24.5. The Labute approximate surface area is 92.7 Å². The van der Waals surface area contributed by atoms with E-state index in [0.29, 0.717) is 0 Å². The van der Waals surface area contributed by atoms with Crippen molar-refractivity contribution in [1.82, 2.24) is 0 Å². The first-order valence-electron chi connectivity index (χ1n) is 5.99. The summed E-state index contributed by atoms with van der Waals surface area (Å²) in [6.45, 7) is 4.54. The first-order chi connectivity index (χ1) is 7.12. The van der Waals surface area contributed by atoms with E-state index in [2.05, 4.69) is 38.1 Å². The minimum Gasteiger partial charge on any atom is -0.321 e. The average molecular weight is 203 g/mol. The van der Waals surface area contributed by atoms with Crippen molar-refractivity contribution in [2.24, 2.45) is 11.7 Å². The molecule has 1 aliphatic rings. The molecule has 0 aromatic heterocycles. The molecule has 1 unspecified atom stereocenters. The maximum Gasteiger partial charge on any atom is 0.0415 e. The third-order valence-electron chi connectivity index (χ3n) is 3.56. The van der Waals surface area contributed by atoms with Gasteiger partial charge in [-0.3, -0.25) is 0 Å². The lowest BCUT2D eigenvalue weighted by Gasteiger charge is -2.26. The molecule has 1 nitrogen and oxygen atoms in total. The summed E-state index contributed by atoms with van der Waals surface area (Å²) in [6.07, 6.45) is 4.64. The fourth-order valence-electron chi connectivity index (χ4n) is 2.52. The Hall–Kier alpha value is -0.820. The maximum atomic E-state index is 6.52. The van der Waals surface area contributed by atoms with Crippen molar-refractivity contribution < 1.29 is 0 Å². The van der Waals surface area contributed by atoms with Gasteiger partial charge in [0, 0.05) is 5.54 Å². The molecule has 0 saturated heterocycles. The zero-order valence-electron chi connectivity index (χ0n) is 9.79. The predicted molar refractivity (Wildman–Crippen MR) is 64.7 cm³/mol. The zero-order valence-corrected chi connectivity index (χ0v) is 9.79. The minimum atomic E-state index is -0.0408. The Bertz CT molecular complexity index is 343. The fraction of sp³-hybridized carbons (Fsp3) is 0.571. The third-order valence-corrected chi connectivity index (χ3v) is 3.56. The molecule has 0 heterocycles. The molecule has 15 heavy (non-hydrogen) atoms. The van der Waals surface area contributed by atoms with Gasteiger partial charge in [0.05, 0.1) is 0 Å². The van der Waals surface area contributed by atoms with Gasteiger partial charge in [-0.25, -0.2) is 0 Å².